The van der Waals surface area contributed by atoms with Gasteiger partial charge in [-0.3, -0.25) is 0 Å². The van der Waals surface area contributed by atoms with E-state index < -0.39 is 0 Å². The Bertz CT molecular complexity index is 247. The van der Waals surface area contributed by atoms with Crippen LogP contribution >= 0.6 is 23.1 Å². The molecule has 2 nitrogen and oxygen atoms in total. The fraction of sp³-hybridized carbons (Fsp3) is 0.727. The Kier molecular flexibility index (Phi) is 6.29. The maximum absolute atomic E-state index is 4.40. The third-order valence-electron chi connectivity index (χ3n) is 2.04. The topological polar surface area (TPSA) is 24.9 Å². The molecule has 0 aliphatic carbocycles. The van der Waals surface area contributed by atoms with Gasteiger partial charge in [0.1, 0.15) is 5.01 Å². The minimum absolute atomic E-state index is 0.434. The van der Waals surface area contributed by atoms with Gasteiger partial charge in [-0.2, -0.15) is 11.8 Å². The lowest BCUT2D eigenvalue weighted by Crippen LogP contribution is -2.28. The Morgan fingerprint density at radius 3 is 2.87 bits per heavy atom. The molecule has 1 heterocycles. The maximum Gasteiger partial charge on any atom is 0.110 e. The summed E-state index contributed by atoms with van der Waals surface area (Å²) in [6, 6.07) is 0.953. The van der Waals surface area contributed by atoms with Gasteiger partial charge in [0.05, 0.1) is 6.04 Å². The van der Waals surface area contributed by atoms with Crippen molar-refractivity contribution in [2.75, 3.05) is 11.5 Å². The maximum atomic E-state index is 4.40. The Labute approximate surface area is 101 Å². The normalized spacial score (nSPS) is 13.3. The van der Waals surface area contributed by atoms with Gasteiger partial charge in [-0.15, -0.1) is 11.3 Å². The highest BCUT2D eigenvalue weighted by Crippen LogP contribution is 2.21. The largest absolute Gasteiger partial charge is 0.306 e. The zero-order valence-corrected chi connectivity index (χ0v) is 11.3. The molecule has 1 rings (SSSR count). The van der Waals surface area contributed by atoms with E-state index >= 15 is 0 Å². The van der Waals surface area contributed by atoms with Gasteiger partial charge >= 0.3 is 0 Å². The summed E-state index contributed by atoms with van der Waals surface area (Å²) in [5, 5.41) is 6.85. The van der Waals surface area contributed by atoms with Crippen molar-refractivity contribution in [3.8, 4) is 0 Å². The van der Waals surface area contributed by atoms with Crippen molar-refractivity contribution in [3.63, 3.8) is 0 Å². The van der Waals surface area contributed by atoms with E-state index in [2.05, 4.69) is 36.5 Å². The summed E-state index contributed by atoms with van der Waals surface area (Å²) in [6.07, 6.45) is 3.06. The van der Waals surface area contributed by atoms with E-state index in [0.717, 1.165) is 0 Å². The van der Waals surface area contributed by atoms with Crippen LogP contribution in [0.25, 0.3) is 0 Å². The molecule has 1 unspecified atom stereocenters. The van der Waals surface area contributed by atoms with Crippen molar-refractivity contribution in [3.05, 3.63) is 16.6 Å². The molecule has 0 spiro atoms. The number of hydrogen-bond donors (Lipinski definition) is 1. The molecule has 0 amide bonds. The molecule has 0 saturated heterocycles. The third kappa shape index (κ3) is 5.00. The summed E-state index contributed by atoms with van der Waals surface area (Å²) >= 11 is 3.75. The molecule has 0 fully saturated rings. The number of hydrogen-bond acceptors (Lipinski definition) is 4. The fourth-order valence-corrected chi connectivity index (χ4v) is 2.86. The summed E-state index contributed by atoms with van der Waals surface area (Å²) in [5.74, 6) is 2.41. The molecule has 1 aromatic heterocycles. The SMILES string of the molecule is CCSCCC(NC(C)C)c1nccs1. The number of thioether (sulfide) groups is 1. The van der Waals surface area contributed by atoms with Crippen LogP contribution < -0.4 is 5.32 Å². The van der Waals surface area contributed by atoms with Crippen molar-refractivity contribution in [2.45, 2.75) is 39.3 Å². The molecular weight excluding hydrogens is 224 g/mol. The Balaban J connectivity index is 2.46. The second kappa shape index (κ2) is 7.25. The number of nitrogens with one attached hydrogen (secondary N) is 1. The van der Waals surface area contributed by atoms with Gasteiger partial charge in [0.2, 0.25) is 0 Å². The number of nitrogens with zero attached hydrogens (tertiary/aromatic N) is 1. The van der Waals surface area contributed by atoms with Crippen molar-refractivity contribution >= 4 is 23.1 Å². The molecule has 1 N–H and O–H groups in total. The van der Waals surface area contributed by atoms with Crippen LogP contribution in [0, 0.1) is 0 Å². The van der Waals surface area contributed by atoms with E-state index in [9.17, 15) is 0 Å². The lowest BCUT2D eigenvalue weighted by molar-refractivity contribution is 0.467. The van der Waals surface area contributed by atoms with Crippen molar-refractivity contribution in [2.24, 2.45) is 0 Å². The molecule has 0 radical (unpaired) electrons. The first-order valence-electron chi connectivity index (χ1n) is 5.47. The first kappa shape index (κ1) is 13.0. The highest BCUT2D eigenvalue weighted by molar-refractivity contribution is 7.99. The standard InChI is InChI=1S/C11H20N2S2/c1-4-14-7-5-10(13-9(2)3)11-12-6-8-15-11/h6,8-10,13H,4-5,7H2,1-3H3. The summed E-state index contributed by atoms with van der Waals surface area (Å²) in [4.78, 5) is 4.40. The van der Waals surface area contributed by atoms with Crippen LogP contribution in [0.1, 0.15) is 38.2 Å². The number of rotatable bonds is 7. The summed E-state index contributed by atoms with van der Waals surface area (Å²) in [5.41, 5.74) is 0. The molecule has 86 valence electrons. The molecule has 4 heteroatoms. The van der Waals surface area contributed by atoms with Crippen molar-refractivity contribution in [1.29, 1.82) is 0 Å². The van der Waals surface area contributed by atoms with Crippen LogP contribution in [-0.2, 0) is 0 Å². The minimum Gasteiger partial charge on any atom is -0.306 e. The van der Waals surface area contributed by atoms with Gasteiger partial charge in [0, 0.05) is 17.6 Å². The molecular formula is C11H20N2S2. The first-order chi connectivity index (χ1) is 7.24. The van der Waals surface area contributed by atoms with Crippen LogP contribution in [-0.4, -0.2) is 22.5 Å². The highest BCUT2D eigenvalue weighted by Gasteiger charge is 2.14. The van der Waals surface area contributed by atoms with Gasteiger partial charge in [-0.1, -0.05) is 20.8 Å². The van der Waals surface area contributed by atoms with Gasteiger partial charge in [-0.05, 0) is 17.9 Å². The van der Waals surface area contributed by atoms with Crippen molar-refractivity contribution < 1.29 is 0 Å². The molecule has 0 saturated carbocycles. The first-order valence-corrected chi connectivity index (χ1v) is 7.50. The monoisotopic (exact) mass is 244 g/mol. The lowest BCUT2D eigenvalue weighted by Gasteiger charge is -2.18. The fourth-order valence-electron chi connectivity index (χ4n) is 1.43. The quantitative estimate of drug-likeness (QED) is 0.745. The van der Waals surface area contributed by atoms with Crippen molar-refractivity contribution in [1.82, 2.24) is 10.3 Å². The van der Waals surface area contributed by atoms with Gasteiger partial charge < -0.3 is 5.32 Å². The Hall–Kier alpha value is -0.0600. The van der Waals surface area contributed by atoms with E-state index in [1.54, 1.807) is 11.3 Å². The van der Waals surface area contributed by atoms with Crippen LogP contribution in [0.5, 0.6) is 0 Å². The van der Waals surface area contributed by atoms with E-state index in [1.165, 1.54) is 22.9 Å². The van der Waals surface area contributed by atoms with Crippen LogP contribution in [0.4, 0.5) is 0 Å². The van der Waals surface area contributed by atoms with Gasteiger partial charge in [0.25, 0.3) is 0 Å². The molecule has 0 bridgehead atoms. The Morgan fingerprint density at radius 2 is 2.33 bits per heavy atom. The number of thiazole rings is 1. The van der Waals surface area contributed by atoms with E-state index in [-0.39, 0.29) is 0 Å². The average molecular weight is 244 g/mol. The van der Waals surface area contributed by atoms with E-state index in [0.29, 0.717) is 12.1 Å². The second-order valence-corrected chi connectivity index (χ2v) is 6.05. The summed E-state index contributed by atoms with van der Waals surface area (Å²) < 4.78 is 0. The zero-order chi connectivity index (χ0) is 11.1. The van der Waals surface area contributed by atoms with E-state index in [4.69, 9.17) is 0 Å². The van der Waals surface area contributed by atoms with E-state index in [1.807, 2.05) is 18.0 Å². The van der Waals surface area contributed by atoms with Gasteiger partial charge in [0.15, 0.2) is 0 Å². The molecule has 0 aliphatic rings. The predicted molar refractivity (Wildman–Crippen MR) is 70.7 cm³/mol. The molecule has 0 aliphatic heterocycles. The summed E-state index contributed by atoms with van der Waals surface area (Å²) in [6.45, 7) is 6.58. The molecule has 15 heavy (non-hydrogen) atoms. The summed E-state index contributed by atoms with van der Waals surface area (Å²) in [7, 11) is 0. The minimum atomic E-state index is 0.434. The smallest absolute Gasteiger partial charge is 0.110 e. The molecule has 0 aromatic carbocycles. The number of aromatic nitrogens is 1. The highest BCUT2D eigenvalue weighted by atomic mass is 32.2. The molecule has 1 atom stereocenters. The lowest BCUT2D eigenvalue weighted by atomic mass is 10.2. The van der Waals surface area contributed by atoms with Crippen LogP contribution in [0.2, 0.25) is 0 Å². The van der Waals surface area contributed by atoms with Gasteiger partial charge in [-0.25, -0.2) is 4.98 Å². The average Bonchev–Trinajstić information content (AvgIpc) is 2.68. The third-order valence-corrected chi connectivity index (χ3v) is 3.86. The second-order valence-electron chi connectivity index (χ2n) is 3.73. The Morgan fingerprint density at radius 1 is 1.53 bits per heavy atom. The predicted octanol–water partition coefficient (Wildman–Crippen LogP) is 3.33. The molecule has 1 aromatic rings. The van der Waals surface area contributed by atoms with Crippen LogP contribution in [0.3, 0.4) is 0 Å². The zero-order valence-electron chi connectivity index (χ0n) is 9.69. The van der Waals surface area contributed by atoms with Crippen LogP contribution in [0.15, 0.2) is 11.6 Å².